The Morgan fingerprint density at radius 2 is 1.76 bits per heavy atom. The van der Waals surface area contributed by atoms with Crippen LogP contribution in [0.3, 0.4) is 0 Å². The summed E-state index contributed by atoms with van der Waals surface area (Å²) >= 11 is 0. The van der Waals surface area contributed by atoms with Crippen LogP contribution in [0.15, 0.2) is 23.1 Å². The fraction of sp³-hybridized carbons (Fsp3) is 0.647. The highest BCUT2D eigenvalue weighted by Gasteiger charge is 2.40. The van der Waals surface area contributed by atoms with E-state index in [9.17, 15) is 8.42 Å². The second kappa shape index (κ2) is 5.73. The van der Waals surface area contributed by atoms with Crippen molar-refractivity contribution in [2.24, 2.45) is 5.92 Å². The topological polar surface area (TPSA) is 37.4 Å². The number of benzene rings is 1. The summed E-state index contributed by atoms with van der Waals surface area (Å²) in [7, 11) is -3.35. The minimum atomic E-state index is -3.35. The summed E-state index contributed by atoms with van der Waals surface area (Å²) in [5.41, 5.74) is 1.87. The van der Waals surface area contributed by atoms with Gasteiger partial charge in [0.05, 0.1) is 4.90 Å². The molecule has 0 radical (unpaired) electrons. The predicted molar refractivity (Wildman–Crippen MR) is 84.8 cm³/mol. The molecule has 0 unspecified atom stereocenters. The molecule has 4 heteroatoms. The van der Waals surface area contributed by atoms with E-state index in [1.165, 1.54) is 25.7 Å². The van der Waals surface area contributed by atoms with Crippen molar-refractivity contribution in [3.63, 3.8) is 0 Å². The van der Waals surface area contributed by atoms with Gasteiger partial charge >= 0.3 is 0 Å². The third kappa shape index (κ3) is 2.76. The fourth-order valence-corrected chi connectivity index (χ4v) is 6.05. The molecular weight excluding hydrogens is 282 g/mol. The van der Waals surface area contributed by atoms with E-state index in [0.717, 1.165) is 24.0 Å². The number of nitrogens with zero attached hydrogens (tertiary/aromatic N) is 1. The lowest BCUT2D eigenvalue weighted by Gasteiger charge is -2.43. The molecule has 0 N–H and O–H groups in total. The Morgan fingerprint density at radius 1 is 1.05 bits per heavy atom. The van der Waals surface area contributed by atoms with Crippen LogP contribution in [-0.2, 0) is 10.0 Å². The Labute approximate surface area is 128 Å². The molecule has 21 heavy (non-hydrogen) atoms. The average molecular weight is 307 g/mol. The highest BCUT2D eigenvalue weighted by Crippen LogP contribution is 2.38. The molecule has 1 saturated carbocycles. The maximum atomic E-state index is 13.1. The molecule has 2 aliphatic rings. The Morgan fingerprint density at radius 3 is 2.57 bits per heavy atom. The molecule has 0 bridgehead atoms. The molecule has 2 fully saturated rings. The Bertz CT molecular complexity index is 622. The number of hydrogen-bond donors (Lipinski definition) is 0. The van der Waals surface area contributed by atoms with E-state index in [-0.39, 0.29) is 6.04 Å². The monoisotopic (exact) mass is 307 g/mol. The van der Waals surface area contributed by atoms with Gasteiger partial charge in [0.1, 0.15) is 0 Å². The van der Waals surface area contributed by atoms with Crippen LogP contribution in [0.25, 0.3) is 0 Å². The molecule has 116 valence electrons. The number of aryl methyl sites for hydroxylation is 2. The zero-order valence-corrected chi connectivity index (χ0v) is 13.8. The lowest BCUT2D eigenvalue weighted by atomic mass is 9.79. The number of hydrogen-bond acceptors (Lipinski definition) is 2. The fourth-order valence-electron chi connectivity index (χ4n) is 3.99. The van der Waals surface area contributed by atoms with Crippen LogP contribution in [-0.4, -0.2) is 25.3 Å². The van der Waals surface area contributed by atoms with Gasteiger partial charge in [0, 0.05) is 12.6 Å². The van der Waals surface area contributed by atoms with Gasteiger partial charge in [-0.15, -0.1) is 0 Å². The van der Waals surface area contributed by atoms with Crippen LogP contribution < -0.4 is 0 Å². The molecule has 1 aliphatic heterocycles. The first kappa shape index (κ1) is 15.0. The third-order valence-corrected chi connectivity index (χ3v) is 7.19. The number of piperidine rings is 1. The van der Waals surface area contributed by atoms with Gasteiger partial charge in [-0.1, -0.05) is 25.0 Å². The minimum absolute atomic E-state index is 0.234. The van der Waals surface area contributed by atoms with Gasteiger partial charge in [-0.05, 0) is 62.6 Å². The lowest BCUT2D eigenvalue weighted by Crippen LogP contribution is -2.49. The van der Waals surface area contributed by atoms with E-state index in [1.807, 2.05) is 36.4 Å². The van der Waals surface area contributed by atoms with E-state index in [0.29, 0.717) is 17.4 Å². The molecular formula is C17H25NO2S. The van der Waals surface area contributed by atoms with Gasteiger partial charge in [-0.2, -0.15) is 4.31 Å². The summed E-state index contributed by atoms with van der Waals surface area (Å²) in [5, 5.41) is 0. The number of fused-ring (bicyclic) bond motifs is 1. The van der Waals surface area contributed by atoms with E-state index < -0.39 is 10.0 Å². The summed E-state index contributed by atoms with van der Waals surface area (Å²) in [6.45, 7) is 4.55. The lowest BCUT2D eigenvalue weighted by molar-refractivity contribution is 0.129. The van der Waals surface area contributed by atoms with Crippen LogP contribution in [0.1, 0.15) is 49.7 Å². The quantitative estimate of drug-likeness (QED) is 0.836. The maximum Gasteiger partial charge on any atom is 0.243 e. The minimum Gasteiger partial charge on any atom is -0.207 e. The van der Waals surface area contributed by atoms with Crippen LogP contribution in [0.4, 0.5) is 0 Å². The highest BCUT2D eigenvalue weighted by atomic mass is 32.2. The first-order chi connectivity index (χ1) is 10.00. The van der Waals surface area contributed by atoms with E-state index in [4.69, 9.17) is 0 Å². The third-order valence-electron chi connectivity index (χ3n) is 5.12. The van der Waals surface area contributed by atoms with Gasteiger partial charge < -0.3 is 0 Å². The molecule has 0 spiro atoms. The summed E-state index contributed by atoms with van der Waals surface area (Å²) < 4.78 is 28.1. The molecule has 3 nitrogen and oxygen atoms in total. The first-order valence-corrected chi connectivity index (χ1v) is 9.53. The van der Waals surface area contributed by atoms with E-state index in [1.54, 1.807) is 0 Å². The first-order valence-electron chi connectivity index (χ1n) is 8.09. The Hall–Kier alpha value is -0.870. The van der Waals surface area contributed by atoms with Crippen molar-refractivity contribution in [2.45, 2.75) is 63.3 Å². The average Bonchev–Trinajstić information content (AvgIpc) is 2.49. The van der Waals surface area contributed by atoms with Crippen molar-refractivity contribution < 1.29 is 8.42 Å². The van der Waals surface area contributed by atoms with Crippen molar-refractivity contribution in [3.05, 3.63) is 29.3 Å². The van der Waals surface area contributed by atoms with Crippen LogP contribution in [0.5, 0.6) is 0 Å². The second-order valence-electron chi connectivity index (χ2n) is 6.64. The van der Waals surface area contributed by atoms with E-state index in [2.05, 4.69) is 0 Å². The van der Waals surface area contributed by atoms with Gasteiger partial charge in [-0.25, -0.2) is 8.42 Å². The summed E-state index contributed by atoms with van der Waals surface area (Å²) in [4.78, 5) is 0.508. The zero-order chi connectivity index (χ0) is 15.0. The van der Waals surface area contributed by atoms with Crippen molar-refractivity contribution in [2.75, 3.05) is 6.54 Å². The van der Waals surface area contributed by atoms with Crippen LogP contribution in [0.2, 0.25) is 0 Å². The Balaban J connectivity index is 1.98. The van der Waals surface area contributed by atoms with Crippen molar-refractivity contribution in [1.82, 2.24) is 4.31 Å². The number of sulfonamides is 1. The van der Waals surface area contributed by atoms with Crippen molar-refractivity contribution in [3.8, 4) is 0 Å². The normalized spacial score (nSPS) is 27.3. The van der Waals surface area contributed by atoms with Gasteiger partial charge in [-0.3, -0.25) is 0 Å². The Kier molecular flexibility index (Phi) is 4.10. The SMILES string of the molecule is Cc1ccc(C)c(S(=O)(=O)N2CCC[C@H]3CCCC[C@@H]32)c1. The number of rotatable bonds is 2. The summed E-state index contributed by atoms with van der Waals surface area (Å²) in [6.07, 6.45) is 6.87. The molecule has 1 saturated heterocycles. The van der Waals surface area contributed by atoms with Crippen molar-refractivity contribution in [1.29, 1.82) is 0 Å². The van der Waals surface area contributed by atoms with Gasteiger partial charge in [0.2, 0.25) is 10.0 Å². The molecule has 1 aromatic rings. The predicted octanol–water partition coefficient (Wildman–Crippen LogP) is 3.65. The summed E-state index contributed by atoms with van der Waals surface area (Å²) in [6, 6.07) is 5.97. The molecule has 2 atom stereocenters. The largest absolute Gasteiger partial charge is 0.243 e. The molecule has 1 aromatic carbocycles. The molecule has 1 aliphatic carbocycles. The smallest absolute Gasteiger partial charge is 0.207 e. The van der Waals surface area contributed by atoms with E-state index >= 15 is 0 Å². The van der Waals surface area contributed by atoms with Crippen LogP contribution in [0, 0.1) is 19.8 Å². The molecule has 3 rings (SSSR count). The molecule has 0 aromatic heterocycles. The highest BCUT2D eigenvalue weighted by molar-refractivity contribution is 7.89. The van der Waals surface area contributed by atoms with Gasteiger partial charge in [0.15, 0.2) is 0 Å². The zero-order valence-electron chi connectivity index (χ0n) is 13.0. The standard InChI is InChI=1S/C17H25NO2S/c1-13-9-10-14(2)17(12-13)21(19,20)18-11-5-7-15-6-3-4-8-16(15)18/h9-10,12,15-16H,3-8,11H2,1-2H3/t15-,16+/m1/s1. The molecule has 1 heterocycles. The summed E-state index contributed by atoms with van der Waals surface area (Å²) in [5.74, 6) is 0.576. The second-order valence-corrected chi connectivity index (χ2v) is 8.50. The maximum absolute atomic E-state index is 13.1. The molecule has 0 amide bonds. The van der Waals surface area contributed by atoms with Gasteiger partial charge in [0.25, 0.3) is 0 Å². The van der Waals surface area contributed by atoms with Crippen molar-refractivity contribution >= 4 is 10.0 Å². The van der Waals surface area contributed by atoms with Crippen LogP contribution >= 0.6 is 0 Å².